The first-order valence-electron chi connectivity index (χ1n) is 4.59. The Morgan fingerprint density at radius 1 is 1.54 bits per heavy atom. The molecule has 0 radical (unpaired) electrons. The molecule has 76 valence electrons. The monoisotopic (exact) mass is 185 g/mol. The van der Waals surface area contributed by atoms with E-state index in [1.54, 1.807) is 6.92 Å². The lowest BCUT2D eigenvalue weighted by atomic mass is 9.98. The van der Waals surface area contributed by atoms with Gasteiger partial charge in [-0.3, -0.25) is 0 Å². The van der Waals surface area contributed by atoms with Gasteiger partial charge in [-0.25, -0.2) is 4.79 Å². The highest BCUT2D eigenvalue weighted by molar-refractivity contribution is 5.87. The molecule has 0 aromatic carbocycles. The van der Waals surface area contributed by atoms with Crippen molar-refractivity contribution >= 4 is 5.97 Å². The summed E-state index contributed by atoms with van der Waals surface area (Å²) in [5, 5.41) is 0. The molecule has 0 rings (SSSR count). The highest BCUT2D eigenvalue weighted by Crippen LogP contribution is 2.10. The summed E-state index contributed by atoms with van der Waals surface area (Å²) in [6.07, 6.45) is 0.510. The van der Waals surface area contributed by atoms with E-state index in [0.717, 1.165) is 0 Å². The van der Waals surface area contributed by atoms with Crippen LogP contribution in [0, 0.1) is 5.92 Å². The van der Waals surface area contributed by atoms with E-state index in [1.165, 1.54) is 0 Å². The summed E-state index contributed by atoms with van der Waals surface area (Å²) in [5.41, 5.74) is 6.24. The molecule has 0 spiro atoms. The summed E-state index contributed by atoms with van der Waals surface area (Å²) in [6, 6.07) is -0.0168. The van der Waals surface area contributed by atoms with Crippen LogP contribution >= 0.6 is 0 Å². The summed E-state index contributed by atoms with van der Waals surface area (Å²) in [6.45, 7) is 9.83. The zero-order chi connectivity index (χ0) is 10.4. The van der Waals surface area contributed by atoms with Crippen LogP contribution in [0.5, 0.6) is 0 Å². The fourth-order valence-electron chi connectivity index (χ4n) is 0.837. The predicted molar refractivity (Wildman–Crippen MR) is 53.2 cm³/mol. The van der Waals surface area contributed by atoms with Gasteiger partial charge >= 0.3 is 5.97 Å². The molecule has 0 aromatic heterocycles. The molecule has 0 saturated heterocycles. The van der Waals surface area contributed by atoms with Gasteiger partial charge in [0.05, 0.1) is 6.61 Å². The van der Waals surface area contributed by atoms with Gasteiger partial charge in [-0.15, -0.1) is 0 Å². The first-order chi connectivity index (χ1) is 5.99. The molecule has 0 fully saturated rings. The normalized spacial score (nSPS) is 12.7. The molecule has 0 aliphatic heterocycles. The third kappa shape index (κ3) is 4.68. The Hall–Kier alpha value is -0.830. The molecule has 3 heteroatoms. The van der Waals surface area contributed by atoms with E-state index in [9.17, 15) is 4.79 Å². The Bertz CT molecular complexity index is 187. The third-order valence-corrected chi connectivity index (χ3v) is 1.90. The Kier molecular flexibility index (Phi) is 5.39. The minimum Gasteiger partial charge on any atom is -0.463 e. The Labute approximate surface area is 79.9 Å². The highest BCUT2D eigenvalue weighted by Gasteiger charge is 2.14. The molecule has 0 heterocycles. The van der Waals surface area contributed by atoms with Gasteiger partial charge in [0.2, 0.25) is 0 Å². The van der Waals surface area contributed by atoms with Crippen LogP contribution in [0.3, 0.4) is 0 Å². The second-order valence-electron chi connectivity index (χ2n) is 3.44. The first kappa shape index (κ1) is 12.2. The van der Waals surface area contributed by atoms with Crippen molar-refractivity contribution in [3.63, 3.8) is 0 Å². The van der Waals surface area contributed by atoms with Gasteiger partial charge in [0.1, 0.15) is 0 Å². The molecule has 0 saturated carbocycles. The van der Waals surface area contributed by atoms with Crippen molar-refractivity contribution in [1.82, 2.24) is 0 Å². The number of hydrogen-bond acceptors (Lipinski definition) is 3. The molecule has 0 bridgehead atoms. The number of hydrogen-bond donors (Lipinski definition) is 1. The van der Waals surface area contributed by atoms with E-state index in [4.69, 9.17) is 10.5 Å². The summed E-state index contributed by atoms with van der Waals surface area (Å²) >= 11 is 0. The molecule has 0 aliphatic carbocycles. The molecule has 0 amide bonds. The van der Waals surface area contributed by atoms with Crippen LogP contribution in [0.1, 0.15) is 27.2 Å². The Morgan fingerprint density at radius 2 is 2.08 bits per heavy atom. The van der Waals surface area contributed by atoms with Crippen LogP contribution in [-0.4, -0.2) is 18.6 Å². The van der Waals surface area contributed by atoms with Crippen molar-refractivity contribution in [2.24, 2.45) is 11.7 Å². The lowest BCUT2D eigenvalue weighted by Crippen LogP contribution is -2.28. The lowest BCUT2D eigenvalue weighted by Gasteiger charge is -2.15. The summed E-state index contributed by atoms with van der Waals surface area (Å²) in [4.78, 5) is 11.1. The van der Waals surface area contributed by atoms with E-state index in [2.05, 4.69) is 6.58 Å². The Morgan fingerprint density at radius 3 is 2.46 bits per heavy atom. The van der Waals surface area contributed by atoms with Crippen LogP contribution in [0.25, 0.3) is 0 Å². The van der Waals surface area contributed by atoms with Gasteiger partial charge in [-0.1, -0.05) is 20.4 Å². The molecule has 0 unspecified atom stereocenters. The molecule has 13 heavy (non-hydrogen) atoms. The zero-order valence-corrected chi connectivity index (χ0v) is 8.67. The fraction of sp³-hybridized carbons (Fsp3) is 0.700. The molecule has 0 aromatic rings. The molecule has 2 N–H and O–H groups in total. The number of rotatable bonds is 5. The average molecular weight is 185 g/mol. The lowest BCUT2D eigenvalue weighted by molar-refractivity contribution is -0.138. The van der Waals surface area contributed by atoms with Crippen LogP contribution < -0.4 is 5.73 Å². The van der Waals surface area contributed by atoms with Crippen molar-refractivity contribution < 1.29 is 9.53 Å². The third-order valence-electron chi connectivity index (χ3n) is 1.90. The van der Waals surface area contributed by atoms with E-state index in [0.29, 0.717) is 24.5 Å². The SMILES string of the molecule is C=C(C[C@@H](N)C(C)C)C(=O)OCC. The van der Waals surface area contributed by atoms with E-state index in [1.807, 2.05) is 13.8 Å². The largest absolute Gasteiger partial charge is 0.463 e. The fourth-order valence-corrected chi connectivity index (χ4v) is 0.837. The second kappa shape index (κ2) is 5.75. The second-order valence-corrected chi connectivity index (χ2v) is 3.44. The summed E-state index contributed by atoms with van der Waals surface area (Å²) < 4.78 is 4.79. The summed E-state index contributed by atoms with van der Waals surface area (Å²) in [7, 11) is 0. The number of ether oxygens (including phenoxy) is 1. The van der Waals surface area contributed by atoms with Crippen molar-refractivity contribution in [3.8, 4) is 0 Å². The quantitative estimate of drug-likeness (QED) is 0.521. The number of esters is 1. The topological polar surface area (TPSA) is 52.3 Å². The van der Waals surface area contributed by atoms with Gasteiger partial charge in [-0.05, 0) is 19.3 Å². The minimum absolute atomic E-state index is 0.0168. The number of nitrogens with two attached hydrogens (primary N) is 1. The van der Waals surface area contributed by atoms with Crippen molar-refractivity contribution in [3.05, 3.63) is 12.2 Å². The van der Waals surface area contributed by atoms with Crippen LogP contribution in [-0.2, 0) is 9.53 Å². The van der Waals surface area contributed by atoms with Crippen molar-refractivity contribution in [1.29, 1.82) is 0 Å². The Balaban J connectivity index is 3.93. The van der Waals surface area contributed by atoms with Gasteiger partial charge in [0.25, 0.3) is 0 Å². The minimum atomic E-state index is -0.335. The number of carbonyl (C=O) groups is 1. The zero-order valence-electron chi connectivity index (χ0n) is 8.67. The molecule has 0 aliphatic rings. The first-order valence-corrected chi connectivity index (χ1v) is 4.59. The number of carbonyl (C=O) groups excluding carboxylic acids is 1. The van der Waals surface area contributed by atoms with Crippen LogP contribution in [0.2, 0.25) is 0 Å². The maximum Gasteiger partial charge on any atom is 0.333 e. The van der Waals surface area contributed by atoms with Gasteiger partial charge in [0.15, 0.2) is 0 Å². The van der Waals surface area contributed by atoms with Gasteiger partial charge in [-0.2, -0.15) is 0 Å². The van der Waals surface area contributed by atoms with Crippen LogP contribution in [0.15, 0.2) is 12.2 Å². The maximum atomic E-state index is 11.1. The average Bonchev–Trinajstić information content (AvgIpc) is 2.04. The van der Waals surface area contributed by atoms with Crippen molar-refractivity contribution in [2.75, 3.05) is 6.61 Å². The highest BCUT2D eigenvalue weighted by atomic mass is 16.5. The van der Waals surface area contributed by atoms with E-state index in [-0.39, 0.29) is 12.0 Å². The van der Waals surface area contributed by atoms with Gasteiger partial charge in [0, 0.05) is 11.6 Å². The van der Waals surface area contributed by atoms with Crippen molar-refractivity contribution in [2.45, 2.75) is 33.2 Å². The standard InChI is InChI=1S/C10H19NO2/c1-5-13-10(12)8(4)6-9(11)7(2)3/h7,9H,4-6,11H2,1-3H3/t9-/m1/s1. The summed E-state index contributed by atoms with van der Waals surface area (Å²) in [5.74, 6) is 0.0183. The molecule has 3 nitrogen and oxygen atoms in total. The van der Waals surface area contributed by atoms with Gasteiger partial charge < -0.3 is 10.5 Å². The van der Waals surface area contributed by atoms with E-state index >= 15 is 0 Å². The smallest absolute Gasteiger partial charge is 0.333 e. The van der Waals surface area contributed by atoms with E-state index < -0.39 is 0 Å². The van der Waals surface area contributed by atoms with Crippen LogP contribution in [0.4, 0.5) is 0 Å². The predicted octanol–water partition coefficient (Wildman–Crippen LogP) is 1.48. The molecule has 1 atom stereocenters. The molecular formula is C10H19NO2. The maximum absolute atomic E-state index is 11.1. The molecular weight excluding hydrogens is 166 g/mol.